The highest BCUT2D eigenvalue weighted by Gasteiger charge is 2.10. The standard InChI is InChI=1S/C15H10ClN3O2/c16-11-3-4-12(10-2-1-6-18-14(10)11)19-15(21)9-5-7-17-13(20)8-9/h1-8H,(H,17,20)(H,19,21). The minimum absolute atomic E-state index is 0.283. The number of halogens is 1. The molecule has 6 heteroatoms. The van der Waals surface area contributed by atoms with Crippen LogP contribution in [-0.2, 0) is 0 Å². The third-order valence-electron chi connectivity index (χ3n) is 3.01. The summed E-state index contributed by atoms with van der Waals surface area (Å²) in [6, 6.07) is 9.74. The van der Waals surface area contributed by atoms with Crippen molar-refractivity contribution in [3.05, 3.63) is 69.7 Å². The molecule has 1 amide bonds. The molecule has 5 nitrogen and oxygen atoms in total. The maximum atomic E-state index is 12.2. The smallest absolute Gasteiger partial charge is 0.255 e. The Morgan fingerprint density at radius 1 is 1.24 bits per heavy atom. The zero-order valence-electron chi connectivity index (χ0n) is 10.8. The summed E-state index contributed by atoms with van der Waals surface area (Å²) < 4.78 is 0. The Kier molecular flexibility index (Phi) is 3.41. The van der Waals surface area contributed by atoms with Gasteiger partial charge < -0.3 is 10.3 Å². The van der Waals surface area contributed by atoms with Crippen molar-refractivity contribution in [3.63, 3.8) is 0 Å². The van der Waals surface area contributed by atoms with Crippen molar-refractivity contribution in [2.24, 2.45) is 0 Å². The summed E-state index contributed by atoms with van der Waals surface area (Å²) in [6.07, 6.45) is 3.06. The number of benzene rings is 1. The summed E-state index contributed by atoms with van der Waals surface area (Å²) in [5, 5.41) is 4.02. The average molecular weight is 300 g/mol. The van der Waals surface area contributed by atoms with Gasteiger partial charge in [0.05, 0.1) is 16.2 Å². The SMILES string of the molecule is O=C(Nc1ccc(Cl)c2ncccc12)c1cc[nH]c(=O)c1. The van der Waals surface area contributed by atoms with Gasteiger partial charge in [0.15, 0.2) is 0 Å². The van der Waals surface area contributed by atoms with Crippen molar-refractivity contribution >= 4 is 34.1 Å². The zero-order valence-corrected chi connectivity index (χ0v) is 11.5. The highest BCUT2D eigenvalue weighted by molar-refractivity contribution is 6.35. The van der Waals surface area contributed by atoms with Gasteiger partial charge in [-0.3, -0.25) is 14.6 Å². The van der Waals surface area contributed by atoms with E-state index in [4.69, 9.17) is 11.6 Å². The molecule has 0 saturated carbocycles. The largest absolute Gasteiger partial charge is 0.329 e. The fourth-order valence-corrected chi connectivity index (χ4v) is 2.24. The van der Waals surface area contributed by atoms with Crippen LogP contribution in [0.1, 0.15) is 10.4 Å². The fraction of sp³-hybridized carbons (Fsp3) is 0. The summed E-state index contributed by atoms with van der Waals surface area (Å²) in [4.78, 5) is 30.1. The van der Waals surface area contributed by atoms with E-state index in [9.17, 15) is 9.59 Å². The molecule has 21 heavy (non-hydrogen) atoms. The Balaban J connectivity index is 2.01. The number of fused-ring (bicyclic) bond motifs is 1. The third-order valence-corrected chi connectivity index (χ3v) is 3.31. The molecule has 0 radical (unpaired) electrons. The van der Waals surface area contributed by atoms with E-state index >= 15 is 0 Å². The summed E-state index contributed by atoms with van der Waals surface area (Å²) in [7, 11) is 0. The Morgan fingerprint density at radius 2 is 2.10 bits per heavy atom. The van der Waals surface area contributed by atoms with E-state index in [1.54, 1.807) is 24.4 Å². The molecule has 0 unspecified atom stereocenters. The molecule has 0 atom stereocenters. The minimum atomic E-state index is -0.367. The monoisotopic (exact) mass is 299 g/mol. The van der Waals surface area contributed by atoms with Gasteiger partial charge in [-0.15, -0.1) is 0 Å². The maximum absolute atomic E-state index is 12.2. The summed E-state index contributed by atoms with van der Waals surface area (Å²) in [5.74, 6) is -0.367. The Morgan fingerprint density at radius 3 is 2.90 bits per heavy atom. The number of hydrogen-bond donors (Lipinski definition) is 2. The van der Waals surface area contributed by atoms with Crippen LogP contribution in [0.15, 0.2) is 53.6 Å². The lowest BCUT2D eigenvalue weighted by molar-refractivity contribution is 0.102. The van der Waals surface area contributed by atoms with Crippen LogP contribution in [-0.4, -0.2) is 15.9 Å². The maximum Gasteiger partial charge on any atom is 0.255 e. The van der Waals surface area contributed by atoms with Gasteiger partial charge in [-0.05, 0) is 30.3 Å². The lowest BCUT2D eigenvalue weighted by Gasteiger charge is -2.09. The molecule has 3 rings (SSSR count). The van der Waals surface area contributed by atoms with Gasteiger partial charge in [-0.25, -0.2) is 0 Å². The number of amides is 1. The number of nitrogens with one attached hydrogen (secondary N) is 2. The zero-order chi connectivity index (χ0) is 14.8. The van der Waals surface area contributed by atoms with Crippen LogP contribution in [0.25, 0.3) is 10.9 Å². The number of carbonyl (C=O) groups excluding carboxylic acids is 1. The molecular weight excluding hydrogens is 290 g/mol. The first-order chi connectivity index (χ1) is 10.1. The van der Waals surface area contributed by atoms with E-state index in [0.29, 0.717) is 16.2 Å². The summed E-state index contributed by atoms with van der Waals surface area (Å²) in [6.45, 7) is 0. The van der Waals surface area contributed by atoms with Gasteiger partial charge in [-0.1, -0.05) is 11.6 Å². The van der Waals surface area contributed by atoms with Crippen LogP contribution in [0.3, 0.4) is 0 Å². The van der Waals surface area contributed by atoms with Gasteiger partial charge in [0, 0.05) is 29.4 Å². The van der Waals surface area contributed by atoms with Gasteiger partial charge in [0.2, 0.25) is 5.56 Å². The number of hydrogen-bond acceptors (Lipinski definition) is 3. The molecule has 3 aromatic rings. The Hall–Kier alpha value is -2.66. The Bertz CT molecular complexity index is 889. The van der Waals surface area contributed by atoms with Crippen LogP contribution in [0.4, 0.5) is 5.69 Å². The second-order valence-corrected chi connectivity index (χ2v) is 4.80. The van der Waals surface area contributed by atoms with E-state index in [1.165, 1.54) is 18.3 Å². The van der Waals surface area contributed by atoms with Gasteiger partial charge in [0.1, 0.15) is 0 Å². The summed E-state index contributed by atoms with van der Waals surface area (Å²) in [5.41, 5.74) is 1.16. The molecule has 2 heterocycles. The molecule has 1 aromatic carbocycles. The number of anilines is 1. The molecule has 0 fully saturated rings. The molecule has 104 valence electrons. The first kappa shape index (κ1) is 13.3. The van der Waals surface area contributed by atoms with Crippen LogP contribution in [0, 0.1) is 0 Å². The summed E-state index contributed by atoms with van der Waals surface area (Å²) >= 11 is 6.08. The van der Waals surface area contributed by atoms with Crippen LogP contribution in [0.2, 0.25) is 5.02 Å². The van der Waals surface area contributed by atoms with Crippen LogP contribution >= 0.6 is 11.6 Å². The van der Waals surface area contributed by atoms with E-state index < -0.39 is 0 Å². The lowest BCUT2D eigenvalue weighted by atomic mass is 10.1. The Labute approximate surface area is 124 Å². The predicted molar refractivity (Wildman–Crippen MR) is 81.8 cm³/mol. The molecule has 0 aliphatic carbocycles. The van der Waals surface area contributed by atoms with Gasteiger partial charge in [0.25, 0.3) is 5.91 Å². The lowest BCUT2D eigenvalue weighted by Crippen LogP contribution is -2.15. The molecule has 0 saturated heterocycles. The first-order valence-corrected chi connectivity index (χ1v) is 6.56. The number of aromatic amines is 1. The van der Waals surface area contributed by atoms with Crippen molar-refractivity contribution in [3.8, 4) is 0 Å². The topological polar surface area (TPSA) is 74.8 Å². The highest BCUT2D eigenvalue weighted by atomic mass is 35.5. The number of H-pyrrole nitrogens is 1. The normalized spacial score (nSPS) is 10.5. The molecule has 0 bridgehead atoms. The van der Waals surface area contributed by atoms with Crippen LogP contribution < -0.4 is 10.9 Å². The van der Waals surface area contributed by atoms with Gasteiger partial charge >= 0.3 is 0 Å². The molecule has 0 aliphatic heterocycles. The molecular formula is C15H10ClN3O2. The average Bonchev–Trinajstić information content (AvgIpc) is 2.50. The van der Waals surface area contributed by atoms with Crippen molar-refractivity contribution in [2.75, 3.05) is 5.32 Å². The number of rotatable bonds is 2. The van der Waals surface area contributed by atoms with Crippen molar-refractivity contribution in [1.29, 1.82) is 0 Å². The quantitative estimate of drug-likeness (QED) is 0.764. The second kappa shape index (κ2) is 5.38. The number of pyridine rings is 2. The molecule has 2 N–H and O–H groups in total. The number of aromatic nitrogens is 2. The van der Waals surface area contributed by atoms with Crippen molar-refractivity contribution in [1.82, 2.24) is 9.97 Å². The third kappa shape index (κ3) is 2.64. The van der Waals surface area contributed by atoms with Crippen LogP contribution in [0.5, 0.6) is 0 Å². The van der Waals surface area contributed by atoms with Gasteiger partial charge in [-0.2, -0.15) is 0 Å². The highest BCUT2D eigenvalue weighted by Crippen LogP contribution is 2.28. The predicted octanol–water partition coefficient (Wildman–Crippen LogP) is 2.83. The number of carbonyl (C=O) groups is 1. The first-order valence-electron chi connectivity index (χ1n) is 6.18. The van der Waals surface area contributed by atoms with Crippen molar-refractivity contribution in [2.45, 2.75) is 0 Å². The van der Waals surface area contributed by atoms with E-state index in [-0.39, 0.29) is 17.0 Å². The van der Waals surface area contributed by atoms with Crippen molar-refractivity contribution < 1.29 is 4.79 Å². The molecule has 0 aliphatic rings. The molecule has 0 spiro atoms. The number of nitrogens with zero attached hydrogens (tertiary/aromatic N) is 1. The minimum Gasteiger partial charge on any atom is -0.329 e. The van der Waals surface area contributed by atoms with E-state index in [2.05, 4.69) is 15.3 Å². The van der Waals surface area contributed by atoms with E-state index in [0.717, 1.165) is 5.39 Å². The second-order valence-electron chi connectivity index (χ2n) is 4.39. The van der Waals surface area contributed by atoms with E-state index in [1.807, 2.05) is 6.07 Å². The fourth-order valence-electron chi connectivity index (χ4n) is 2.03. The molecule has 2 aromatic heterocycles.